The van der Waals surface area contributed by atoms with Gasteiger partial charge >= 0.3 is 0 Å². The number of aromatic nitrogens is 14. The van der Waals surface area contributed by atoms with Gasteiger partial charge in [0, 0.05) is 65.8 Å². The summed E-state index contributed by atoms with van der Waals surface area (Å²) in [6.45, 7) is 0. The molecule has 0 amide bonds. The molecule has 22 aromatic rings. The van der Waals surface area contributed by atoms with Gasteiger partial charge < -0.3 is 18.3 Å². The lowest BCUT2D eigenvalue weighted by molar-refractivity contribution is 0.857. The molecular weight excluding hydrogens is 1230 g/mol. The Balaban J connectivity index is 0.920. The molecule has 14 heteroatoms. The highest BCUT2D eigenvalue weighted by Gasteiger charge is 2.32. The Bertz CT molecular complexity index is 6270. The molecule has 0 N–H and O–H groups in total. The fourth-order valence-electron chi connectivity index (χ4n) is 16.3. The van der Waals surface area contributed by atoms with Gasteiger partial charge in [-0.15, -0.1) is 0 Å². The van der Waals surface area contributed by atoms with E-state index in [4.69, 9.17) is 29.9 Å². The first-order chi connectivity index (χ1) is 49.7. The topological polar surface area (TPSA) is 117 Å². The Labute approximate surface area is 568 Å². The summed E-state index contributed by atoms with van der Waals surface area (Å²) >= 11 is 0. The van der Waals surface area contributed by atoms with Crippen LogP contribution in [-0.4, -0.2) is 66.4 Å². The minimum absolute atomic E-state index is 0.235. The van der Waals surface area contributed by atoms with E-state index >= 15 is 0 Å². The molecule has 0 aliphatic rings. The molecule has 100 heavy (non-hydrogen) atoms. The Morgan fingerprint density at radius 1 is 0.140 bits per heavy atom. The maximum Gasteiger partial charge on any atom is 0.240 e. The van der Waals surface area contributed by atoms with Gasteiger partial charge in [-0.3, -0.25) is 18.3 Å². The maximum atomic E-state index is 5.86. The van der Waals surface area contributed by atoms with Crippen molar-refractivity contribution >= 4 is 131 Å². The summed E-state index contributed by atoms with van der Waals surface area (Å²) in [7, 11) is 0. The Kier molecular flexibility index (Phi) is 11.3. The Hall–Kier alpha value is -14.0. The molecule has 10 aromatic heterocycles. The first-order valence-corrected chi connectivity index (χ1v) is 33.6. The lowest BCUT2D eigenvalue weighted by Crippen LogP contribution is -2.14. The largest absolute Gasteiger partial charge is 0.307 e. The van der Waals surface area contributed by atoms with Crippen molar-refractivity contribution in [3.8, 4) is 58.2 Å². The summed E-state index contributed by atoms with van der Waals surface area (Å²) < 4.78 is 18.4. The average molecular weight is 1280 g/mol. The number of hydrogen-bond acceptors (Lipinski definition) is 6. The number of benzene rings is 12. The molecule has 0 spiro atoms. The van der Waals surface area contributed by atoms with E-state index in [9.17, 15) is 0 Å². The van der Waals surface area contributed by atoms with Crippen LogP contribution < -0.4 is 0 Å². The van der Waals surface area contributed by atoms with E-state index in [0.29, 0.717) is 23.8 Å². The monoisotopic (exact) mass is 1280 g/mol. The van der Waals surface area contributed by atoms with Crippen LogP contribution in [0.5, 0.6) is 0 Å². The van der Waals surface area contributed by atoms with Gasteiger partial charge in [-0.2, -0.15) is 29.9 Å². The lowest BCUT2D eigenvalue weighted by atomic mass is 10.2. The average Bonchev–Trinajstić information content (AvgIpc) is 1.56. The molecule has 0 radical (unpaired) electrons. The van der Waals surface area contributed by atoms with Crippen molar-refractivity contribution in [2.24, 2.45) is 0 Å². The van der Waals surface area contributed by atoms with Gasteiger partial charge in [-0.05, 0) is 97.1 Å². The van der Waals surface area contributed by atoms with Crippen LogP contribution in [-0.2, 0) is 0 Å². The summed E-state index contributed by atoms with van der Waals surface area (Å²) in [4.78, 5) is 35.1. The third-order valence-corrected chi connectivity index (χ3v) is 20.2. The second-order valence-corrected chi connectivity index (χ2v) is 25.5. The van der Waals surface area contributed by atoms with E-state index < -0.39 is 0 Å². The predicted octanol–water partition coefficient (Wildman–Crippen LogP) is 19.9. The highest BCUT2D eigenvalue weighted by atomic mass is 15.3. The maximum absolute atomic E-state index is 5.86. The molecule has 0 atom stereocenters. The molecule has 0 bridgehead atoms. The summed E-state index contributed by atoms with van der Waals surface area (Å²) in [5.74, 6) is 1.98. The summed E-state index contributed by atoms with van der Waals surface area (Å²) in [6.07, 6.45) is 0. The van der Waals surface area contributed by atoms with Crippen LogP contribution in [0.2, 0.25) is 0 Å². The fraction of sp³-hybridized carbons (Fsp3) is 0. The molecule has 22 rings (SSSR count). The van der Waals surface area contributed by atoms with E-state index in [1.165, 1.54) is 0 Å². The number of hydrogen-bond donors (Lipinski definition) is 0. The molecular formula is C86H52N14. The first kappa shape index (κ1) is 54.3. The standard InChI is InChI=1S/C86H52N14/c1-5-29-53(30-6-1)93-65-45-21-13-37-57(65)77-73(93)61-41-17-25-49-69(61)97(77)83-87-81(88-84(91-83)98-70-50-26-18-42-62(70)74-78(98)58-38-14-22-46-66(58)94(74)54-31-7-2-8-32-54)82-89-85(99-71-51-27-19-43-63(71)75-79(99)59-39-15-23-47-67(59)95(75)55-33-9-3-10-34-55)92-86(90-82)100-72-52-28-20-44-64(72)76-80(100)60-40-16-24-48-68(60)96(76)56-35-11-4-12-36-56/h1-52H. The SMILES string of the molecule is c1ccc(-n2c3ccccc3c3c2c2ccccc2n3-c2nc(-c3nc(-n4c5ccccc5c5c4c4ccccc4n5-c4ccccc4)nc(-n4c5ccccc5c5c4c4ccccc4n5-c4ccccc4)n3)nc(-n3c4ccccc4c4c3c3ccccc3n4-c3ccccc3)n2)cc1. The third kappa shape index (κ3) is 7.49. The zero-order valence-electron chi connectivity index (χ0n) is 53.3. The number of rotatable bonds is 9. The summed E-state index contributed by atoms with van der Waals surface area (Å²) in [5.41, 5.74) is 19.8. The molecule has 0 fully saturated rings. The molecule has 0 unspecified atom stereocenters. The second-order valence-electron chi connectivity index (χ2n) is 25.5. The second kappa shape index (κ2) is 20.8. The predicted molar refractivity (Wildman–Crippen MR) is 403 cm³/mol. The van der Waals surface area contributed by atoms with Crippen molar-refractivity contribution in [2.75, 3.05) is 0 Å². The lowest BCUT2D eigenvalue weighted by Gasteiger charge is -2.14. The van der Waals surface area contributed by atoms with Crippen molar-refractivity contribution in [3.63, 3.8) is 0 Å². The minimum atomic E-state index is 0.235. The van der Waals surface area contributed by atoms with Crippen molar-refractivity contribution in [1.29, 1.82) is 0 Å². The van der Waals surface area contributed by atoms with Crippen molar-refractivity contribution in [1.82, 2.24) is 66.4 Å². The van der Waals surface area contributed by atoms with Crippen LogP contribution >= 0.6 is 0 Å². The molecule has 12 aromatic carbocycles. The fourth-order valence-corrected chi connectivity index (χ4v) is 16.3. The van der Waals surface area contributed by atoms with Crippen LogP contribution in [0.15, 0.2) is 315 Å². The zero-order chi connectivity index (χ0) is 65.3. The van der Waals surface area contributed by atoms with E-state index in [1.807, 2.05) is 0 Å². The summed E-state index contributed by atoms with van der Waals surface area (Å²) in [6, 6.07) is 111. The van der Waals surface area contributed by atoms with Gasteiger partial charge in [0.15, 0.2) is 0 Å². The zero-order valence-corrected chi connectivity index (χ0v) is 53.3. The van der Waals surface area contributed by atoms with E-state index in [-0.39, 0.29) is 11.6 Å². The third-order valence-electron chi connectivity index (χ3n) is 20.2. The van der Waals surface area contributed by atoms with Crippen LogP contribution in [0.3, 0.4) is 0 Å². The number of nitrogens with zero attached hydrogens (tertiary/aromatic N) is 14. The van der Waals surface area contributed by atoms with Crippen LogP contribution in [0.1, 0.15) is 0 Å². The highest BCUT2D eigenvalue weighted by molar-refractivity contribution is 6.23. The minimum Gasteiger partial charge on any atom is -0.307 e. The van der Waals surface area contributed by atoms with Gasteiger partial charge in [0.2, 0.25) is 35.4 Å². The van der Waals surface area contributed by atoms with Crippen LogP contribution in [0, 0.1) is 0 Å². The van der Waals surface area contributed by atoms with Crippen molar-refractivity contribution < 1.29 is 0 Å². The first-order valence-electron chi connectivity index (χ1n) is 33.6. The van der Waals surface area contributed by atoms with Gasteiger partial charge in [0.05, 0.1) is 88.3 Å². The number of fused-ring (bicyclic) bond motifs is 20. The molecule has 0 aliphatic carbocycles. The Morgan fingerprint density at radius 3 is 0.480 bits per heavy atom. The van der Waals surface area contributed by atoms with Gasteiger partial charge in [-0.25, -0.2) is 0 Å². The molecule has 0 aliphatic heterocycles. The molecule has 14 nitrogen and oxygen atoms in total. The van der Waals surface area contributed by atoms with E-state index in [0.717, 1.165) is 154 Å². The Morgan fingerprint density at radius 2 is 0.290 bits per heavy atom. The molecule has 466 valence electrons. The van der Waals surface area contributed by atoms with E-state index in [2.05, 4.69) is 352 Å². The normalized spacial score (nSPS) is 12.2. The molecule has 0 saturated heterocycles. The van der Waals surface area contributed by atoms with Gasteiger partial charge in [0.25, 0.3) is 0 Å². The van der Waals surface area contributed by atoms with Crippen molar-refractivity contribution in [3.05, 3.63) is 315 Å². The quantitative estimate of drug-likeness (QED) is 0.142. The van der Waals surface area contributed by atoms with Crippen LogP contribution in [0.25, 0.3) is 190 Å². The number of para-hydroxylation sites is 12. The van der Waals surface area contributed by atoms with Gasteiger partial charge in [-0.1, -0.05) is 218 Å². The highest BCUT2D eigenvalue weighted by Crippen LogP contribution is 2.46. The smallest absolute Gasteiger partial charge is 0.240 e. The van der Waals surface area contributed by atoms with Gasteiger partial charge in [0.1, 0.15) is 0 Å². The summed E-state index contributed by atoms with van der Waals surface area (Å²) in [5, 5.41) is 8.24. The molecule has 0 saturated carbocycles. The van der Waals surface area contributed by atoms with Crippen LogP contribution in [0.4, 0.5) is 0 Å². The van der Waals surface area contributed by atoms with E-state index in [1.54, 1.807) is 0 Å². The van der Waals surface area contributed by atoms with Crippen molar-refractivity contribution in [2.45, 2.75) is 0 Å². The molecule has 10 heterocycles.